The summed E-state index contributed by atoms with van der Waals surface area (Å²) in [4.78, 5) is 11.8. The van der Waals surface area contributed by atoms with Gasteiger partial charge in [-0.25, -0.2) is 4.79 Å². The third-order valence-electron chi connectivity index (χ3n) is 5.02. The summed E-state index contributed by atoms with van der Waals surface area (Å²) in [6, 6.07) is 1.48. The Labute approximate surface area is 129 Å². The molecule has 0 spiro atoms. The van der Waals surface area contributed by atoms with Crippen LogP contribution >= 0.6 is 0 Å². The van der Waals surface area contributed by atoms with Crippen molar-refractivity contribution >= 4 is 6.09 Å². The molecule has 2 saturated carbocycles. The highest BCUT2D eigenvalue weighted by atomic mass is 16.6. The number of hydrogen-bond donors (Lipinski definition) is 2. The predicted molar refractivity (Wildman–Crippen MR) is 85.4 cm³/mol. The SMILES string of the molecule is CC(NC1CCC(NC(=O)OC(C)(C)C)CC1)C1(C)CC1. The molecule has 4 nitrogen and oxygen atoms in total. The van der Waals surface area contributed by atoms with Crippen LogP contribution in [-0.4, -0.2) is 29.8 Å². The zero-order valence-corrected chi connectivity index (χ0v) is 14.3. The van der Waals surface area contributed by atoms with Crippen LogP contribution < -0.4 is 10.6 Å². The Morgan fingerprint density at radius 3 is 2.14 bits per heavy atom. The summed E-state index contributed by atoms with van der Waals surface area (Å²) in [5.41, 5.74) is 0.115. The van der Waals surface area contributed by atoms with Crippen molar-refractivity contribution in [2.24, 2.45) is 5.41 Å². The highest BCUT2D eigenvalue weighted by Crippen LogP contribution is 2.48. The van der Waals surface area contributed by atoms with E-state index in [-0.39, 0.29) is 12.1 Å². The lowest BCUT2D eigenvalue weighted by Crippen LogP contribution is -2.47. The maximum atomic E-state index is 11.8. The first kappa shape index (κ1) is 16.6. The molecule has 2 fully saturated rings. The molecule has 2 N–H and O–H groups in total. The summed E-state index contributed by atoms with van der Waals surface area (Å²) >= 11 is 0. The summed E-state index contributed by atoms with van der Waals surface area (Å²) in [5, 5.41) is 6.79. The minimum atomic E-state index is -0.419. The van der Waals surface area contributed by atoms with Gasteiger partial charge in [0.05, 0.1) is 0 Å². The molecule has 0 aromatic heterocycles. The van der Waals surface area contributed by atoms with Gasteiger partial charge in [-0.3, -0.25) is 0 Å². The van der Waals surface area contributed by atoms with Crippen molar-refractivity contribution in [1.82, 2.24) is 10.6 Å². The molecule has 0 heterocycles. The Morgan fingerprint density at radius 1 is 1.14 bits per heavy atom. The van der Waals surface area contributed by atoms with Gasteiger partial charge in [0.15, 0.2) is 0 Å². The summed E-state index contributed by atoms with van der Waals surface area (Å²) in [6.07, 6.45) is 6.80. The van der Waals surface area contributed by atoms with Crippen molar-refractivity contribution < 1.29 is 9.53 Å². The highest BCUT2D eigenvalue weighted by molar-refractivity contribution is 5.68. The van der Waals surface area contributed by atoms with Crippen molar-refractivity contribution in [2.45, 2.75) is 96.9 Å². The zero-order chi connectivity index (χ0) is 15.7. The topological polar surface area (TPSA) is 50.4 Å². The van der Waals surface area contributed by atoms with E-state index < -0.39 is 5.60 Å². The Kier molecular flexibility index (Phi) is 4.86. The van der Waals surface area contributed by atoms with E-state index in [4.69, 9.17) is 4.74 Å². The second-order valence-corrected chi connectivity index (χ2v) is 8.24. The molecule has 0 aliphatic heterocycles. The Hall–Kier alpha value is -0.770. The average Bonchev–Trinajstić information content (AvgIpc) is 3.09. The van der Waals surface area contributed by atoms with Crippen molar-refractivity contribution in [3.8, 4) is 0 Å². The molecule has 0 aromatic rings. The first-order valence-corrected chi connectivity index (χ1v) is 8.43. The molecular formula is C17H32N2O2. The maximum absolute atomic E-state index is 11.8. The van der Waals surface area contributed by atoms with Gasteiger partial charge in [0.1, 0.15) is 5.60 Å². The quantitative estimate of drug-likeness (QED) is 0.833. The largest absolute Gasteiger partial charge is 0.444 e. The number of ether oxygens (including phenoxy) is 1. The molecule has 122 valence electrons. The smallest absolute Gasteiger partial charge is 0.407 e. The van der Waals surface area contributed by atoms with Crippen molar-refractivity contribution in [1.29, 1.82) is 0 Å². The molecule has 21 heavy (non-hydrogen) atoms. The van der Waals surface area contributed by atoms with Crippen molar-refractivity contribution in [3.05, 3.63) is 0 Å². The zero-order valence-electron chi connectivity index (χ0n) is 14.3. The summed E-state index contributed by atoms with van der Waals surface area (Å²) in [6.45, 7) is 10.4. The van der Waals surface area contributed by atoms with E-state index in [2.05, 4.69) is 24.5 Å². The Bertz CT molecular complexity index is 363. The summed E-state index contributed by atoms with van der Waals surface area (Å²) in [5.74, 6) is 0. The molecule has 1 amide bonds. The molecule has 2 aliphatic carbocycles. The van der Waals surface area contributed by atoms with E-state index in [9.17, 15) is 4.79 Å². The fourth-order valence-electron chi connectivity index (χ4n) is 3.06. The van der Waals surface area contributed by atoms with Gasteiger partial charge >= 0.3 is 6.09 Å². The van der Waals surface area contributed by atoms with Gasteiger partial charge in [0.2, 0.25) is 0 Å². The van der Waals surface area contributed by atoms with Crippen LogP contribution in [0.4, 0.5) is 4.79 Å². The fraction of sp³-hybridized carbons (Fsp3) is 0.941. The molecule has 2 rings (SSSR count). The number of rotatable bonds is 4. The first-order chi connectivity index (χ1) is 9.68. The first-order valence-electron chi connectivity index (χ1n) is 8.43. The second kappa shape index (κ2) is 6.15. The molecule has 2 aliphatic rings. The predicted octanol–water partition coefficient (Wildman–Crippen LogP) is 3.60. The Balaban J connectivity index is 1.67. The van der Waals surface area contributed by atoms with Crippen LogP contribution in [0.1, 0.15) is 73.1 Å². The molecular weight excluding hydrogens is 264 g/mol. The molecule has 1 unspecified atom stereocenters. The van der Waals surface area contributed by atoms with Gasteiger partial charge in [-0.1, -0.05) is 6.92 Å². The van der Waals surface area contributed by atoms with Crippen LogP contribution in [0.15, 0.2) is 0 Å². The van der Waals surface area contributed by atoms with Gasteiger partial charge < -0.3 is 15.4 Å². The normalized spacial score (nSPS) is 29.6. The average molecular weight is 296 g/mol. The number of amides is 1. The number of carbonyl (C=O) groups excluding carboxylic acids is 1. The number of hydrogen-bond acceptors (Lipinski definition) is 3. The van der Waals surface area contributed by atoms with Crippen LogP contribution in [0.5, 0.6) is 0 Å². The number of nitrogens with one attached hydrogen (secondary N) is 2. The van der Waals surface area contributed by atoms with Crippen LogP contribution in [-0.2, 0) is 4.74 Å². The highest BCUT2D eigenvalue weighted by Gasteiger charge is 2.43. The third-order valence-corrected chi connectivity index (χ3v) is 5.02. The molecule has 4 heteroatoms. The van der Waals surface area contributed by atoms with Gasteiger partial charge in [-0.05, 0) is 71.6 Å². The molecule has 0 saturated heterocycles. The number of alkyl carbamates (subject to hydrolysis) is 1. The Morgan fingerprint density at radius 2 is 1.67 bits per heavy atom. The van der Waals surface area contributed by atoms with Crippen LogP contribution in [0.2, 0.25) is 0 Å². The minimum absolute atomic E-state index is 0.268. The van der Waals surface area contributed by atoms with Crippen LogP contribution in [0, 0.1) is 5.41 Å². The van der Waals surface area contributed by atoms with Gasteiger partial charge in [0.25, 0.3) is 0 Å². The molecule has 0 bridgehead atoms. The van der Waals surface area contributed by atoms with E-state index >= 15 is 0 Å². The van der Waals surface area contributed by atoms with Crippen LogP contribution in [0.3, 0.4) is 0 Å². The minimum Gasteiger partial charge on any atom is -0.444 e. The monoisotopic (exact) mass is 296 g/mol. The summed E-state index contributed by atoms with van der Waals surface area (Å²) in [7, 11) is 0. The van der Waals surface area contributed by atoms with E-state index in [1.165, 1.54) is 12.8 Å². The van der Waals surface area contributed by atoms with E-state index in [1.807, 2.05) is 20.8 Å². The summed E-state index contributed by atoms with van der Waals surface area (Å²) < 4.78 is 5.32. The second-order valence-electron chi connectivity index (χ2n) is 8.24. The van der Waals surface area contributed by atoms with E-state index in [0.717, 1.165) is 25.7 Å². The molecule has 0 aromatic carbocycles. The van der Waals surface area contributed by atoms with Gasteiger partial charge in [-0.2, -0.15) is 0 Å². The van der Waals surface area contributed by atoms with Gasteiger partial charge in [0, 0.05) is 18.1 Å². The van der Waals surface area contributed by atoms with Gasteiger partial charge in [-0.15, -0.1) is 0 Å². The lowest BCUT2D eigenvalue weighted by Gasteiger charge is -2.33. The lowest BCUT2D eigenvalue weighted by molar-refractivity contribution is 0.0489. The fourth-order valence-corrected chi connectivity index (χ4v) is 3.06. The van der Waals surface area contributed by atoms with Crippen molar-refractivity contribution in [3.63, 3.8) is 0 Å². The molecule has 0 radical (unpaired) electrons. The lowest BCUT2D eigenvalue weighted by atomic mass is 9.89. The third kappa shape index (κ3) is 5.17. The van der Waals surface area contributed by atoms with E-state index in [1.54, 1.807) is 0 Å². The molecule has 1 atom stereocenters. The number of carbonyl (C=O) groups is 1. The maximum Gasteiger partial charge on any atom is 0.407 e. The van der Waals surface area contributed by atoms with Crippen molar-refractivity contribution in [2.75, 3.05) is 0 Å². The van der Waals surface area contributed by atoms with E-state index in [0.29, 0.717) is 17.5 Å². The standard InChI is InChI=1S/C17H32N2O2/c1-12(17(5)10-11-17)18-13-6-8-14(9-7-13)19-15(20)21-16(2,3)4/h12-14,18H,6-11H2,1-5H3,(H,19,20). The van der Waals surface area contributed by atoms with Crippen LogP contribution in [0.25, 0.3) is 0 Å².